The third kappa shape index (κ3) is 6.49. The lowest BCUT2D eigenvalue weighted by molar-refractivity contribution is 1.18. The Morgan fingerprint density at radius 3 is 1.28 bits per heavy atom. The molecule has 0 saturated heterocycles. The van der Waals surface area contributed by atoms with Crippen molar-refractivity contribution in [3.63, 3.8) is 0 Å². The van der Waals surface area contributed by atoms with Gasteiger partial charge in [0.25, 0.3) is 0 Å². The van der Waals surface area contributed by atoms with Crippen LogP contribution in [0.2, 0.25) is 0 Å². The maximum atomic E-state index is 2.57. The summed E-state index contributed by atoms with van der Waals surface area (Å²) in [5.41, 5.74) is 21.2. The Hall–Kier alpha value is -8.98. The Labute approximate surface area is 395 Å². The highest BCUT2D eigenvalue weighted by atomic mass is 15.0. The van der Waals surface area contributed by atoms with Crippen molar-refractivity contribution in [3.8, 4) is 78.1 Å². The highest BCUT2D eigenvalue weighted by Crippen LogP contribution is 2.54. The third-order valence-electron chi connectivity index (χ3n) is 13.7. The van der Waals surface area contributed by atoms with Crippen molar-refractivity contribution >= 4 is 43.6 Å². The van der Waals surface area contributed by atoms with E-state index in [-0.39, 0.29) is 0 Å². The molecule has 0 unspecified atom stereocenters. The maximum absolute atomic E-state index is 2.57. The third-order valence-corrected chi connectivity index (χ3v) is 13.7. The summed E-state index contributed by atoms with van der Waals surface area (Å²) >= 11 is 0. The summed E-state index contributed by atoms with van der Waals surface area (Å²) in [6.45, 7) is 0. The second-order valence-electron chi connectivity index (χ2n) is 17.6. The van der Waals surface area contributed by atoms with Crippen molar-refractivity contribution in [1.82, 2.24) is 9.13 Å². The molecule has 2 heterocycles. The number of fused-ring (bicyclic) bond motifs is 6. The van der Waals surface area contributed by atoms with Gasteiger partial charge in [-0.25, -0.2) is 0 Å². The van der Waals surface area contributed by atoms with Gasteiger partial charge in [0.2, 0.25) is 0 Å². The van der Waals surface area contributed by atoms with Crippen LogP contribution in [0.4, 0.5) is 0 Å². The van der Waals surface area contributed by atoms with Crippen LogP contribution in [-0.4, -0.2) is 9.13 Å². The van der Waals surface area contributed by atoms with Gasteiger partial charge >= 0.3 is 0 Å². The van der Waals surface area contributed by atoms with Crippen molar-refractivity contribution in [2.75, 3.05) is 0 Å². The minimum atomic E-state index is 1.10. The van der Waals surface area contributed by atoms with Gasteiger partial charge in [0.1, 0.15) is 0 Å². The average molecular weight is 865 g/mol. The molecule has 68 heavy (non-hydrogen) atoms. The first-order chi connectivity index (χ1) is 33.8. The molecule has 13 rings (SSSR count). The summed E-state index contributed by atoms with van der Waals surface area (Å²) in [4.78, 5) is 0. The Kier molecular flexibility index (Phi) is 9.54. The molecule has 2 heteroatoms. The number of benzene rings is 11. The second kappa shape index (κ2) is 16.5. The average Bonchev–Trinajstić information content (AvgIpc) is 3.94. The van der Waals surface area contributed by atoms with Crippen LogP contribution >= 0.6 is 0 Å². The van der Waals surface area contributed by atoms with Gasteiger partial charge in [-0.3, -0.25) is 0 Å². The molecule has 2 nitrogen and oxygen atoms in total. The number of hydrogen-bond donors (Lipinski definition) is 0. The van der Waals surface area contributed by atoms with Crippen molar-refractivity contribution in [1.29, 1.82) is 0 Å². The molecule has 0 aliphatic rings. The molecular weight excluding hydrogens is 821 g/mol. The summed E-state index contributed by atoms with van der Waals surface area (Å²) in [5, 5.41) is 4.89. The van der Waals surface area contributed by atoms with E-state index < -0.39 is 0 Å². The van der Waals surface area contributed by atoms with E-state index in [1.54, 1.807) is 0 Å². The topological polar surface area (TPSA) is 9.86 Å². The van der Waals surface area contributed by atoms with Crippen molar-refractivity contribution in [2.24, 2.45) is 0 Å². The fraction of sp³-hybridized carbons (Fsp3) is 0. The molecule has 11 aromatic carbocycles. The molecule has 0 N–H and O–H groups in total. The van der Waals surface area contributed by atoms with Gasteiger partial charge in [0, 0.05) is 49.6 Å². The van der Waals surface area contributed by atoms with Gasteiger partial charge in [0.05, 0.1) is 22.1 Å². The van der Waals surface area contributed by atoms with Crippen molar-refractivity contribution in [3.05, 3.63) is 267 Å². The molecule has 318 valence electrons. The van der Waals surface area contributed by atoms with Gasteiger partial charge < -0.3 is 9.13 Å². The van der Waals surface area contributed by atoms with E-state index in [0.29, 0.717) is 0 Å². The first-order valence-corrected chi connectivity index (χ1v) is 23.4. The van der Waals surface area contributed by atoms with Gasteiger partial charge in [0.15, 0.2) is 0 Å². The fourth-order valence-electron chi connectivity index (χ4n) is 10.7. The summed E-state index contributed by atoms with van der Waals surface area (Å²) in [7, 11) is 0. The molecule has 0 aliphatic heterocycles. The van der Waals surface area contributed by atoms with Crippen molar-refractivity contribution in [2.45, 2.75) is 0 Å². The molecule has 0 aliphatic carbocycles. The van der Waals surface area contributed by atoms with E-state index >= 15 is 0 Å². The lowest BCUT2D eigenvalue weighted by Gasteiger charge is -2.24. The first-order valence-electron chi connectivity index (χ1n) is 23.4. The van der Waals surface area contributed by atoms with Gasteiger partial charge in [-0.2, -0.15) is 0 Å². The zero-order valence-electron chi connectivity index (χ0n) is 37.3. The van der Waals surface area contributed by atoms with E-state index in [2.05, 4.69) is 276 Å². The largest absolute Gasteiger partial charge is 0.309 e. The van der Waals surface area contributed by atoms with Crippen LogP contribution in [0.3, 0.4) is 0 Å². The molecule has 0 amide bonds. The summed E-state index contributed by atoms with van der Waals surface area (Å²) in [6.07, 6.45) is 0. The number of aromatic nitrogens is 2. The molecule has 2 aromatic heterocycles. The molecular formula is C66H44N2. The Balaban J connectivity index is 1.20. The van der Waals surface area contributed by atoms with E-state index in [1.165, 1.54) is 93.7 Å². The number of rotatable bonds is 8. The number of para-hydroxylation sites is 2. The molecule has 0 saturated carbocycles. The molecule has 0 radical (unpaired) electrons. The van der Waals surface area contributed by atoms with E-state index in [1.807, 2.05) is 0 Å². The van der Waals surface area contributed by atoms with Crippen molar-refractivity contribution < 1.29 is 0 Å². The zero-order chi connectivity index (χ0) is 45.0. The van der Waals surface area contributed by atoms with Crippen LogP contribution in [0.15, 0.2) is 267 Å². The highest BCUT2D eigenvalue weighted by molar-refractivity contribution is 6.27. The van der Waals surface area contributed by atoms with Crippen LogP contribution < -0.4 is 0 Å². The lowest BCUT2D eigenvalue weighted by Crippen LogP contribution is -2.01. The van der Waals surface area contributed by atoms with Crippen LogP contribution in [0.25, 0.3) is 122 Å². The summed E-state index contributed by atoms with van der Waals surface area (Å²) in [5.74, 6) is 0. The minimum Gasteiger partial charge on any atom is -0.309 e. The summed E-state index contributed by atoms with van der Waals surface area (Å²) < 4.78 is 4.95. The van der Waals surface area contributed by atoms with Crippen LogP contribution in [0, 0.1) is 0 Å². The zero-order valence-corrected chi connectivity index (χ0v) is 37.3. The van der Waals surface area contributed by atoms with E-state index in [9.17, 15) is 0 Å². The van der Waals surface area contributed by atoms with E-state index in [0.717, 1.165) is 28.0 Å². The van der Waals surface area contributed by atoms with E-state index in [4.69, 9.17) is 0 Å². The molecule has 0 spiro atoms. The monoisotopic (exact) mass is 864 g/mol. The summed E-state index contributed by atoms with van der Waals surface area (Å²) in [6, 6.07) is 97.6. The highest BCUT2D eigenvalue weighted by Gasteiger charge is 2.29. The second-order valence-corrected chi connectivity index (χ2v) is 17.6. The number of hydrogen-bond acceptors (Lipinski definition) is 0. The standard InChI is InChI=1S/C66H44N2/c1-7-22-45(23-8-1)50-32-21-35-54(42-50)68-60-44-52(51-39-41-59-57(43-51)55-36-19-20-37-58(55)67(59)53-33-17-6-18-34-53)38-40-56(60)65-63(48-28-13-4-14-29-48)61(46-24-9-2-10-25-46)62(47-26-11-3-12-27-47)64(66(65)68)49-30-15-5-16-31-49/h1-44H. The fourth-order valence-corrected chi connectivity index (χ4v) is 10.7. The van der Waals surface area contributed by atoms with Gasteiger partial charge in [-0.15, -0.1) is 0 Å². The maximum Gasteiger partial charge on any atom is 0.0632 e. The number of nitrogens with zero attached hydrogens (tertiary/aromatic N) is 2. The Bertz CT molecular complexity index is 3960. The van der Waals surface area contributed by atoms with Crippen LogP contribution in [0.1, 0.15) is 0 Å². The van der Waals surface area contributed by atoms with Gasteiger partial charge in [-0.1, -0.05) is 218 Å². The molecule has 13 aromatic rings. The normalized spacial score (nSPS) is 11.5. The molecule has 0 atom stereocenters. The predicted octanol–water partition coefficient (Wildman–Crippen LogP) is 17.9. The van der Waals surface area contributed by atoms with Crippen LogP contribution in [-0.2, 0) is 0 Å². The molecule has 0 fully saturated rings. The Morgan fingerprint density at radius 2 is 0.647 bits per heavy atom. The molecule has 0 bridgehead atoms. The predicted molar refractivity (Wildman–Crippen MR) is 288 cm³/mol. The Morgan fingerprint density at radius 1 is 0.206 bits per heavy atom. The minimum absolute atomic E-state index is 1.10. The smallest absolute Gasteiger partial charge is 0.0632 e. The quantitative estimate of drug-likeness (QED) is 0.144. The van der Waals surface area contributed by atoms with Gasteiger partial charge in [-0.05, 0) is 98.6 Å². The van der Waals surface area contributed by atoms with Crippen LogP contribution in [0.5, 0.6) is 0 Å². The SMILES string of the molecule is c1ccc(-c2cccc(-n3c4cc(-c5ccc6c(c5)c5ccccc5n6-c5ccccc5)ccc4c4c(-c5ccccc5)c(-c5ccccc5)c(-c5ccccc5)c(-c5ccccc5)c43)c2)cc1. The first kappa shape index (κ1) is 39.4. The lowest BCUT2D eigenvalue weighted by atomic mass is 9.80.